The summed E-state index contributed by atoms with van der Waals surface area (Å²) in [5.74, 6) is 0.675. The van der Waals surface area contributed by atoms with Gasteiger partial charge in [-0.1, -0.05) is 35.4 Å². The Morgan fingerprint density at radius 1 is 0.941 bits per heavy atom. The van der Waals surface area contributed by atoms with E-state index in [2.05, 4.69) is 10.0 Å². The van der Waals surface area contributed by atoms with Crippen LogP contribution in [0.15, 0.2) is 59.5 Å². The van der Waals surface area contributed by atoms with Gasteiger partial charge in [-0.3, -0.25) is 9.52 Å². The van der Waals surface area contributed by atoms with Crippen LogP contribution >= 0.6 is 11.6 Å². The molecule has 0 aliphatic heterocycles. The van der Waals surface area contributed by atoms with Crippen LogP contribution in [-0.4, -0.2) is 28.5 Å². The average molecular weight is 503 g/mol. The van der Waals surface area contributed by atoms with Crippen molar-refractivity contribution in [3.8, 4) is 11.5 Å². The first-order chi connectivity index (χ1) is 16.1. The van der Waals surface area contributed by atoms with Gasteiger partial charge in [0.05, 0.1) is 31.0 Å². The number of nitrogens with one attached hydrogen (secondary N) is 2. The molecule has 0 aliphatic rings. The monoisotopic (exact) mass is 502 g/mol. The first-order valence-electron chi connectivity index (χ1n) is 10.5. The predicted molar refractivity (Wildman–Crippen MR) is 134 cm³/mol. The summed E-state index contributed by atoms with van der Waals surface area (Å²) in [5, 5.41) is 2.89. The fraction of sp³-hybridized carbons (Fsp3) is 0.240. The molecule has 0 saturated heterocycles. The van der Waals surface area contributed by atoms with Gasteiger partial charge in [-0.15, -0.1) is 0 Å². The molecule has 0 spiro atoms. The van der Waals surface area contributed by atoms with Crippen molar-refractivity contribution in [2.24, 2.45) is 0 Å². The van der Waals surface area contributed by atoms with Gasteiger partial charge in [-0.2, -0.15) is 0 Å². The lowest BCUT2D eigenvalue weighted by molar-refractivity contribution is 0.0939. The summed E-state index contributed by atoms with van der Waals surface area (Å²) in [7, 11) is -0.945. The number of amides is 1. The van der Waals surface area contributed by atoms with Crippen LogP contribution < -0.4 is 19.5 Å². The second-order valence-electron chi connectivity index (χ2n) is 7.88. The first-order valence-corrected chi connectivity index (χ1v) is 12.3. The van der Waals surface area contributed by atoms with Gasteiger partial charge in [0, 0.05) is 5.56 Å². The average Bonchev–Trinajstić information content (AvgIpc) is 2.80. The molecule has 9 heteroatoms. The lowest BCUT2D eigenvalue weighted by atomic mass is 10.1. The zero-order chi connectivity index (χ0) is 25.0. The number of halogens is 1. The summed E-state index contributed by atoms with van der Waals surface area (Å²) in [5.41, 5.74) is 3.19. The minimum absolute atomic E-state index is 0.0155. The van der Waals surface area contributed by atoms with Gasteiger partial charge >= 0.3 is 0 Å². The fourth-order valence-electron chi connectivity index (χ4n) is 3.46. The Bertz CT molecular complexity index is 1320. The molecule has 3 aromatic rings. The van der Waals surface area contributed by atoms with Crippen molar-refractivity contribution in [3.63, 3.8) is 0 Å². The molecule has 2 N–H and O–H groups in total. The lowest BCUT2D eigenvalue weighted by Gasteiger charge is -2.17. The minimum Gasteiger partial charge on any atom is -0.493 e. The van der Waals surface area contributed by atoms with Crippen LogP contribution in [0.4, 0.5) is 5.69 Å². The van der Waals surface area contributed by atoms with Crippen molar-refractivity contribution >= 4 is 33.2 Å². The Balaban J connectivity index is 1.84. The van der Waals surface area contributed by atoms with Crippen LogP contribution in [0.25, 0.3) is 0 Å². The van der Waals surface area contributed by atoms with Gasteiger partial charge in [0.2, 0.25) is 0 Å². The third-order valence-electron chi connectivity index (χ3n) is 5.36. The van der Waals surface area contributed by atoms with Crippen molar-refractivity contribution in [1.82, 2.24) is 5.32 Å². The summed E-state index contributed by atoms with van der Waals surface area (Å²) in [6.45, 7) is 5.55. The number of ether oxygens (including phenoxy) is 2. The molecule has 1 amide bonds. The number of carbonyl (C=O) groups excluding carboxylic acids is 1. The smallest absolute Gasteiger partial charge is 0.263 e. The zero-order valence-electron chi connectivity index (χ0n) is 19.6. The number of sulfonamides is 1. The van der Waals surface area contributed by atoms with Crippen LogP contribution in [0.3, 0.4) is 0 Å². The highest BCUT2D eigenvalue weighted by Gasteiger charge is 2.22. The van der Waals surface area contributed by atoms with Gasteiger partial charge in [0.1, 0.15) is 4.90 Å². The molecule has 0 bridgehead atoms. The van der Waals surface area contributed by atoms with Crippen LogP contribution in [0.1, 0.15) is 40.0 Å². The molecule has 180 valence electrons. The molecule has 34 heavy (non-hydrogen) atoms. The van der Waals surface area contributed by atoms with Crippen molar-refractivity contribution in [2.45, 2.75) is 31.7 Å². The summed E-state index contributed by atoms with van der Waals surface area (Å²) >= 11 is 6.20. The van der Waals surface area contributed by atoms with E-state index in [0.29, 0.717) is 17.2 Å². The molecule has 7 nitrogen and oxygen atoms in total. The van der Waals surface area contributed by atoms with Crippen molar-refractivity contribution in [1.29, 1.82) is 0 Å². The molecule has 0 fully saturated rings. The standard InChI is InChI=1S/C25H27ClN2O5S/c1-15-6-10-21(16(2)12-15)28-34(30,31)24-14-19(7-9-20(24)26)25(29)27-17(3)18-8-11-22(32-4)23(13-18)33-5/h6-14,17,28H,1-5H3,(H,27,29). The number of anilines is 1. The van der Waals surface area contributed by atoms with E-state index in [1.54, 1.807) is 25.3 Å². The number of rotatable bonds is 8. The molecule has 0 aliphatic carbocycles. The van der Waals surface area contributed by atoms with E-state index in [0.717, 1.165) is 16.7 Å². The van der Waals surface area contributed by atoms with E-state index in [-0.39, 0.29) is 21.5 Å². The lowest BCUT2D eigenvalue weighted by Crippen LogP contribution is -2.27. The zero-order valence-corrected chi connectivity index (χ0v) is 21.2. The Labute approximate surface area is 205 Å². The van der Waals surface area contributed by atoms with E-state index in [9.17, 15) is 13.2 Å². The van der Waals surface area contributed by atoms with E-state index in [1.165, 1.54) is 25.3 Å². The highest BCUT2D eigenvalue weighted by molar-refractivity contribution is 7.92. The topological polar surface area (TPSA) is 93.7 Å². The number of carbonyl (C=O) groups is 1. The highest BCUT2D eigenvalue weighted by Crippen LogP contribution is 2.30. The van der Waals surface area contributed by atoms with E-state index >= 15 is 0 Å². The SMILES string of the molecule is COc1ccc(C(C)NC(=O)c2ccc(Cl)c(S(=O)(=O)Nc3ccc(C)cc3C)c2)cc1OC. The maximum absolute atomic E-state index is 13.1. The molecule has 3 rings (SSSR count). The first kappa shape index (κ1) is 25.4. The Morgan fingerprint density at radius 2 is 1.65 bits per heavy atom. The second kappa shape index (κ2) is 10.4. The molecule has 0 aromatic heterocycles. The Kier molecular flexibility index (Phi) is 7.74. The maximum atomic E-state index is 13.1. The quantitative estimate of drug-likeness (QED) is 0.438. The molecule has 1 atom stereocenters. The summed E-state index contributed by atoms with van der Waals surface area (Å²) in [6.07, 6.45) is 0. The van der Waals surface area contributed by atoms with Crippen molar-refractivity contribution < 1.29 is 22.7 Å². The molecular weight excluding hydrogens is 476 g/mol. The van der Waals surface area contributed by atoms with E-state index in [1.807, 2.05) is 39.0 Å². The summed E-state index contributed by atoms with van der Waals surface area (Å²) in [4.78, 5) is 12.7. The largest absolute Gasteiger partial charge is 0.493 e. The Hall–Kier alpha value is -3.23. The normalized spacial score (nSPS) is 12.1. The van der Waals surface area contributed by atoms with Crippen LogP contribution in [-0.2, 0) is 10.0 Å². The van der Waals surface area contributed by atoms with E-state index in [4.69, 9.17) is 21.1 Å². The van der Waals surface area contributed by atoms with Crippen LogP contribution in [0, 0.1) is 13.8 Å². The Morgan fingerprint density at radius 3 is 2.29 bits per heavy atom. The van der Waals surface area contributed by atoms with Gasteiger partial charge in [-0.05, 0) is 68.3 Å². The third kappa shape index (κ3) is 5.63. The van der Waals surface area contributed by atoms with Crippen molar-refractivity contribution in [2.75, 3.05) is 18.9 Å². The number of aryl methyl sites for hydroxylation is 2. The maximum Gasteiger partial charge on any atom is 0.263 e. The highest BCUT2D eigenvalue weighted by atomic mass is 35.5. The van der Waals surface area contributed by atoms with Gasteiger partial charge in [-0.25, -0.2) is 8.42 Å². The molecule has 1 unspecified atom stereocenters. The van der Waals surface area contributed by atoms with Crippen molar-refractivity contribution in [3.05, 3.63) is 81.9 Å². The summed E-state index contributed by atoms with van der Waals surface area (Å²) in [6, 6.07) is 14.5. The number of benzene rings is 3. The third-order valence-corrected chi connectivity index (χ3v) is 7.21. The fourth-order valence-corrected chi connectivity index (χ4v) is 5.12. The molecule has 0 heterocycles. The van der Waals surface area contributed by atoms with Crippen LogP contribution in [0.5, 0.6) is 11.5 Å². The number of hydrogen-bond donors (Lipinski definition) is 2. The number of hydrogen-bond acceptors (Lipinski definition) is 5. The van der Waals surface area contributed by atoms with Gasteiger partial charge in [0.25, 0.3) is 15.9 Å². The molecule has 0 saturated carbocycles. The predicted octanol–water partition coefficient (Wildman–Crippen LogP) is 5.27. The van der Waals surface area contributed by atoms with Crippen LogP contribution in [0.2, 0.25) is 5.02 Å². The molecule has 0 radical (unpaired) electrons. The summed E-state index contributed by atoms with van der Waals surface area (Å²) < 4.78 is 39.2. The minimum atomic E-state index is -4.03. The molecule has 3 aromatic carbocycles. The molecular formula is C25H27ClN2O5S. The second-order valence-corrected chi connectivity index (χ2v) is 9.94. The van der Waals surface area contributed by atoms with E-state index < -0.39 is 15.9 Å². The number of methoxy groups -OCH3 is 2. The van der Waals surface area contributed by atoms with Gasteiger partial charge < -0.3 is 14.8 Å². The van der Waals surface area contributed by atoms with Gasteiger partial charge in [0.15, 0.2) is 11.5 Å².